The summed E-state index contributed by atoms with van der Waals surface area (Å²) in [5.74, 6) is -0.556. The van der Waals surface area contributed by atoms with Gasteiger partial charge in [0.15, 0.2) is 0 Å². The summed E-state index contributed by atoms with van der Waals surface area (Å²) in [7, 11) is 0. The fourth-order valence-electron chi connectivity index (χ4n) is 3.92. The van der Waals surface area contributed by atoms with Gasteiger partial charge in [0.1, 0.15) is 17.4 Å². The SMILES string of the molecule is CCCCC1CCC(c2ccc(OC(=O)c3cc(F)cc(F)c3)cc2)CC1. The first-order valence-corrected chi connectivity index (χ1v) is 9.83. The second kappa shape index (κ2) is 9.12. The average molecular weight is 372 g/mol. The molecule has 2 aromatic carbocycles. The summed E-state index contributed by atoms with van der Waals surface area (Å²) in [6.07, 6.45) is 8.91. The van der Waals surface area contributed by atoms with Gasteiger partial charge < -0.3 is 4.74 Å². The van der Waals surface area contributed by atoms with E-state index in [0.29, 0.717) is 11.7 Å². The Balaban J connectivity index is 1.57. The minimum absolute atomic E-state index is 0.137. The normalized spacial score (nSPS) is 19.7. The van der Waals surface area contributed by atoms with E-state index in [1.54, 1.807) is 12.1 Å². The van der Waals surface area contributed by atoms with Gasteiger partial charge in [0.05, 0.1) is 5.56 Å². The van der Waals surface area contributed by atoms with Crippen molar-refractivity contribution in [3.63, 3.8) is 0 Å². The molecule has 0 heterocycles. The third-order valence-corrected chi connectivity index (χ3v) is 5.47. The van der Waals surface area contributed by atoms with Gasteiger partial charge in [0.2, 0.25) is 0 Å². The Hall–Kier alpha value is -2.23. The highest BCUT2D eigenvalue weighted by atomic mass is 19.1. The largest absolute Gasteiger partial charge is 0.423 e. The van der Waals surface area contributed by atoms with E-state index in [1.807, 2.05) is 12.1 Å². The zero-order valence-corrected chi connectivity index (χ0v) is 15.7. The lowest BCUT2D eigenvalue weighted by molar-refractivity contribution is 0.0733. The predicted molar refractivity (Wildman–Crippen MR) is 102 cm³/mol. The maximum atomic E-state index is 13.2. The van der Waals surface area contributed by atoms with Crippen molar-refractivity contribution in [3.8, 4) is 5.75 Å². The number of unbranched alkanes of at least 4 members (excludes halogenated alkanes) is 1. The number of ether oxygens (including phenoxy) is 1. The van der Waals surface area contributed by atoms with E-state index in [1.165, 1.54) is 50.5 Å². The standard InChI is InChI=1S/C23H26F2O2/c1-2-3-4-16-5-7-17(8-6-16)18-9-11-22(12-10-18)27-23(26)19-13-20(24)15-21(25)14-19/h9-17H,2-8H2,1H3. The van der Waals surface area contributed by atoms with E-state index in [9.17, 15) is 13.6 Å². The first-order chi connectivity index (χ1) is 13.0. The van der Waals surface area contributed by atoms with Crippen LogP contribution < -0.4 is 4.74 Å². The van der Waals surface area contributed by atoms with Gasteiger partial charge in [-0.25, -0.2) is 13.6 Å². The third kappa shape index (κ3) is 5.38. The van der Waals surface area contributed by atoms with Crippen LogP contribution in [0.4, 0.5) is 8.78 Å². The molecule has 144 valence electrons. The molecule has 1 fully saturated rings. The molecule has 0 unspecified atom stereocenters. The Morgan fingerprint density at radius 2 is 1.63 bits per heavy atom. The van der Waals surface area contributed by atoms with Crippen molar-refractivity contribution < 1.29 is 18.3 Å². The molecule has 0 aliphatic heterocycles. The topological polar surface area (TPSA) is 26.3 Å². The summed E-state index contributed by atoms with van der Waals surface area (Å²) in [5.41, 5.74) is 1.13. The summed E-state index contributed by atoms with van der Waals surface area (Å²) >= 11 is 0. The number of carbonyl (C=O) groups is 1. The second-order valence-corrected chi connectivity index (χ2v) is 7.48. The number of benzene rings is 2. The summed E-state index contributed by atoms with van der Waals surface area (Å²) in [4.78, 5) is 12.1. The van der Waals surface area contributed by atoms with Crippen LogP contribution in [0.1, 0.15) is 73.7 Å². The molecule has 0 atom stereocenters. The first-order valence-electron chi connectivity index (χ1n) is 9.83. The molecule has 1 aliphatic carbocycles. The van der Waals surface area contributed by atoms with Crippen LogP contribution in [0.3, 0.4) is 0 Å². The van der Waals surface area contributed by atoms with Crippen molar-refractivity contribution in [2.45, 2.75) is 57.8 Å². The van der Waals surface area contributed by atoms with Crippen LogP contribution in [0.2, 0.25) is 0 Å². The Morgan fingerprint density at radius 1 is 1.00 bits per heavy atom. The third-order valence-electron chi connectivity index (χ3n) is 5.47. The van der Waals surface area contributed by atoms with Crippen LogP contribution in [0.25, 0.3) is 0 Å². The fourth-order valence-corrected chi connectivity index (χ4v) is 3.92. The fraction of sp³-hybridized carbons (Fsp3) is 0.435. The van der Waals surface area contributed by atoms with E-state index < -0.39 is 17.6 Å². The van der Waals surface area contributed by atoms with Gasteiger partial charge in [-0.15, -0.1) is 0 Å². The molecule has 2 aromatic rings. The second-order valence-electron chi connectivity index (χ2n) is 7.48. The van der Waals surface area contributed by atoms with Gasteiger partial charge in [-0.2, -0.15) is 0 Å². The lowest BCUT2D eigenvalue weighted by Crippen LogP contribution is -2.13. The van der Waals surface area contributed by atoms with E-state index in [2.05, 4.69) is 6.92 Å². The monoisotopic (exact) mass is 372 g/mol. The highest BCUT2D eigenvalue weighted by Gasteiger charge is 2.22. The molecule has 0 amide bonds. The van der Waals surface area contributed by atoms with E-state index in [4.69, 9.17) is 4.74 Å². The molecule has 0 bridgehead atoms. The summed E-state index contributed by atoms with van der Waals surface area (Å²) in [6, 6.07) is 10.2. The highest BCUT2D eigenvalue weighted by Crippen LogP contribution is 2.38. The van der Waals surface area contributed by atoms with Crippen molar-refractivity contribution in [1.82, 2.24) is 0 Å². The molecule has 1 saturated carbocycles. The molecular formula is C23H26F2O2. The van der Waals surface area contributed by atoms with E-state index >= 15 is 0 Å². The van der Waals surface area contributed by atoms with Crippen molar-refractivity contribution in [2.24, 2.45) is 5.92 Å². The van der Waals surface area contributed by atoms with E-state index in [-0.39, 0.29) is 5.56 Å². The van der Waals surface area contributed by atoms with Crippen molar-refractivity contribution in [3.05, 3.63) is 65.2 Å². The molecule has 0 radical (unpaired) electrons. The van der Waals surface area contributed by atoms with Crippen LogP contribution in [-0.2, 0) is 0 Å². The van der Waals surface area contributed by atoms with Crippen LogP contribution in [0.15, 0.2) is 42.5 Å². The highest BCUT2D eigenvalue weighted by molar-refractivity contribution is 5.91. The van der Waals surface area contributed by atoms with Crippen molar-refractivity contribution in [1.29, 1.82) is 0 Å². The van der Waals surface area contributed by atoms with Gasteiger partial charge in [0, 0.05) is 6.07 Å². The molecular weight excluding hydrogens is 346 g/mol. The summed E-state index contributed by atoms with van der Waals surface area (Å²) in [5, 5.41) is 0. The molecule has 0 N–H and O–H groups in total. The molecule has 0 saturated heterocycles. The number of esters is 1. The Kier molecular flexibility index (Phi) is 6.59. The number of hydrogen-bond acceptors (Lipinski definition) is 2. The smallest absolute Gasteiger partial charge is 0.343 e. The van der Waals surface area contributed by atoms with Gasteiger partial charge in [-0.1, -0.05) is 38.3 Å². The van der Waals surface area contributed by atoms with Crippen LogP contribution in [0, 0.1) is 17.6 Å². The zero-order valence-electron chi connectivity index (χ0n) is 15.7. The van der Waals surface area contributed by atoms with E-state index in [0.717, 1.165) is 24.1 Å². The number of halogens is 2. The maximum absolute atomic E-state index is 13.2. The van der Waals surface area contributed by atoms with Crippen molar-refractivity contribution in [2.75, 3.05) is 0 Å². The van der Waals surface area contributed by atoms with Gasteiger partial charge in [0.25, 0.3) is 0 Å². The van der Waals surface area contributed by atoms with Crippen LogP contribution >= 0.6 is 0 Å². The van der Waals surface area contributed by atoms with Crippen LogP contribution in [-0.4, -0.2) is 5.97 Å². The molecule has 0 aromatic heterocycles. The summed E-state index contributed by atoms with van der Waals surface area (Å²) < 4.78 is 31.7. The number of hydrogen-bond donors (Lipinski definition) is 0. The number of rotatable bonds is 6. The molecule has 2 nitrogen and oxygen atoms in total. The Labute approximate surface area is 159 Å². The van der Waals surface area contributed by atoms with Crippen molar-refractivity contribution >= 4 is 5.97 Å². The molecule has 3 rings (SSSR count). The lowest BCUT2D eigenvalue weighted by atomic mass is 9.77. The number of carbonyl (C=O) groups excluding carboxylic acids is 1. The van der Waals surface area contributed by atoms with Gasteiger partial charge >= 0.3 is 5.97 Å². The molecule has 4 heteroatoms. The zero-order chi connectivity index (χ0) is 19.2. The summed E-state index contributed by atoms with van der Waals surface area (Å²) in [6.45, 7) is 2.24. The Bertz CT molecular complexity index is 742. The minimum Gasteiger partial charge on any atom is -0.423 e. The first kappa shape index (κ1) is 19.5. The van der Waals surface area contributed by atoms with Gasteiger partial charge in [-0.3, -0.25) is 0 Å². The molecule has 1 aliphatic rings. The minimum atomic E-state index is -0.799. The Morgan fingerprint density at radius 3 is 2.22 bits per heavy atom. The average Bonchev–Trinajstić information content (AvgIpc) is 2.66. The lowest BCUT2D eigenvalue weighted by Gasteiger charge is -2.28. The van der Waals surface area contributed by atoms with Crippen LogP contribution in [0.5, 0.6) is 5.75 Å². The predicted octanol–water partition coefficient (Wildman–Crippen LogP) is 6.65. The molecule has 27 heavy (non-hydrogen) atoms. The maximum Gasteiger partial charge on any atom is 0.343 e. The van der Waals surface area contributed by atoms with Gasteiger partial charge in [-0.05, 0) is 67.3 Å². The quantitative estimate of drug-likeness (QED) is 0.419. The molecule has 0 spiro atoms.